The minimum absolute atomic E-state index is 0.0322. The van der Waals surface area contributed by atoms with Crippen LogP contribution in [-0.4, -0.2) is 14.3 Å². The van der Waals surface area contributed by atoms with Crippen LogP contribution in [0.2, 0.25) is 0 Å². The highest BCUT2D eigenvalue weighted by molar-refractivity contribution is 7.89. The number of amides is 1. The summed E-state index contributed by atoms with van der Waals surface area (Å²) in [4.78, 5) is 13.5. The second-order valence-corrected chi connectivity index (χ2v) is 11.3. The molecule has 1 saturated carbocycles. The van der Waals surface area contributed by atoms with E-state index in [0.717, 1.165) is 47.9 Å². The van der Waals surface area contributed by atoms with Gasteiger partial charge in [0.2, 0.25) is 15.9 Å². The Hall–Kier alpha value is -2.96. The molecule has 35 heavy (non-hydrogen) atoms. The van der Waals surface area contributed by atoms with Gasteiger partial charge < -0.3 is 5.32 Å². The van der Waals surface area contributed by atoms with E-state index in [2.05, 4.69) is 10.0 Å². The molecule has 0 radical (unpaired) electrons. The van der Waals surface area contributed by atoms with Crippen LogP contribution in [0.3, 0.4) is 0 Å². The Balaban J connectivity index is 1.40. The van der Waals surface area contributed by atoms with E-state index >= 15 is 0 Å². The molecule has 4 rings (SSSR count). The highest BCUT2D eigenvalue weighted by atomic mass is 32.2. The third-order valence-electron chi connectivity index (χ3n) is 6.97. The van der Waals surface area contributed by atoms with Crippen molar-refractivity contribution < 1.29 is 13.2 Å². The Morgan fingerprint density at radius 3 is 2.26 bits per heavy atom. The zero-order valence-electron chi connectivity index (χ0n) is 20.4. The normalized spacial score (nSPS) is 19.1. The van der Waals surface area contributed by atoms with Crippen LogP contribution in [0.15, 0.2) is 83.8 Å². The van der Waals surface area contributed by atoms with Gasteiger partial charge in [-0.1, -0.05) is 85.1 Å². The molecule has 0 saturated heterocycles. The van der Waals surface area contributed by atoms with Gasteiger partial charge in [0.25, 0.3) is 0 Å². The zero-order chi connectivity index (χ0) is 24.8. The molecule has 0 unspecified atom stereocenters. The summed E-state index contributed by atoms with van der Waals surface area (Å²) < 4.78 is 27.9. The van der Waals surface area contributed by atoms with Crippen LogP contribution < -0.4 is 10.0 Å². The number of sulfonamides is 1. The Labute approximate surface area is 209 Å². The van der Waals surface area contributed by atoms with Gasteiger partial charge in [-0.25, -0.2) is 13.1 Å². The number of carbonyl (C=O) groups is 1. The van der Waals surface area contributed by atoms with E-state index in [0.29, 0.717) is 0 Å². The number of carbonyl (C=O) groups excluding carboxylic acids is 1. The topological polar surface area (TPSA) is 75.3 Å². The summed E-state index contributed by atoms with van der Waals surface area (Å²) in [6, 6.07) is 24.8. The molecule has 1 aliphatic rings. The zero-order valence-corrected chi connectivity index (χ0v) is 21.2. The van der Waals surface area contributed by atoms with Crippen LogP contribution in [0, 0.1) is 12.8 Å². The van der Waals surface area contributed by atoms with Crippen LogP contribution in [-0.2, 0) is 21.4 Å². The molecule has 0 aliphatic heterocycles. The maximum Gasteiger partial charge on any atom is 0.240 e. The first-order valence-corrected chi connectivity index (χ1v) is 13.8. The molecule has 1 amide bonds. The van der Waals surface area contributed by atoms with Crippen molar-refractivity contribution in [1.82, 2.24) is 10.0 Å². The van der Waals surface area contributed by atoms with Crippen molar-refractivity contribution in [3.8, 4) is 0 Å². The van der Waals surface area contributed by atoms with Gasteiger partial charge in [-0.15, -0.1) is 0 Å². The summed E-state index contributed by atoms with van der Waals surface area (Å²) in [6.07, 6.45) is 4.04. The van der Waals surface area contributed by atoms with Crippen LogP contribution >= 0.6 is 0 Å². The summed E-state index contributed by atoms with van der Waals surface area (Å²) in [6.45, 7) is 4.17. The van der Waals surface area contributed by atoms with Crippen molar-refractivity contribution in [1.29, 1.82) is 0 Å². The Kier molecular flexibility index (Phi) is 8.04. The Morgan fingerprint density at radius 1 is 0.914 bits per heavy atom. The van der Waals surface area contributed by atoms with Crippen molar-refractivity contribution in [2.75, 3.05) is 0 Å². The van der Waals surface area contributed by atoms with Gasteiger partial charge in [0.05, 0.1) is 10.9 Å². The maximum absolute atomic E-state index is 13.2. The molecular weight excluding hydrogens is 456 g/mol. The minimum atomic E-state index is -3.56. The van der Waals surface area contributed by atoms with E-state index in [9.17, 15) is 13.2 Å². The lowest BCUT2D eigenvalue weighted by atomic mass is 9.75. The summed E-state index contributed by atoms with van der Waals surface area (Å²) in [7, 11) is -3.56. The predicted molar refractivity (Wildman–Crippen MR) is 139 cm³/mol. The predicted octanol–water partition coefficient (Wildman–Crippen LogP) is 5.62. The van der Waals surface area contributed by atoms with Crippen molar-refractivity contribution in [3.63, 3.8) is 0 Å². The fourth-order valence-electron chi connectivity index (χ4n) is 4.85. The summed E-state index contributed by atoms with van der Waals surface area (Å²) in [5, 5.41) is 3.22. The molecule has 3 aromatic rings. The highest BCUT2D eigenvalue weighted by Crippen LogP contribution is 2.38. The maximum atomic E-state index is 13.2. The first kappa shape index (κ1) is 25.1. The molecule has 2 N–H and O–H groups in total. The number of hydrogen-bond donors (Lipinski definition) is 2. The molecule has 0 aromatic heterocycles. The van der Waals surface area contributed by atoms with Crippen molar-refractivity contribution in [2.45, 2.75) is 62.9 Å². The first-order chi connectivity index (χ1) is 16.8. The second kappa shape index (κ2) is 11.2. The average Bonchev–Trinajstić information content (AvgIpc) is 2.88. The number of rotatable bonds is 8. The SMILES string of the molecule is Cc1ccc(S(=O)(=O)NCc2ccc([C@H]3CCCC[C@@H]3C(=O)N[C@@H](C)c3ccccc3)cc2)cc1. The fraction of sp³-hybridized carbons (Fsp3) is 0.345. The quantitative estimate of drug-likeness (QED) is 0.430. The summed E-state index contributed by atoms with van der Waals surface area (Å²) in [5.41, 5.74) is 4.15. The van der Waals surface area contributed by atoms with E-state index in [-0.39, 0.29) is 35.2 Å². The molecule has 1 aliphatic carbocycles. The smallest absolute Gasteiger partial charge is 0.240 e. The monoisotopic (exact) mass is 490 g/mol. The molecule has 1 fully saturated rings. The molecule has 5 nitrogen and oxygen atoms in total. The molecule has 3 aromatic carbocycles. The van der Waals surface area contributed by atoms with Gasteiger partial charge in [0.1, 0.15) is 0 Å². The molecule has 0 spiro atoms. The van der Waals surface area contributed by atoms with Crippen molar-refractivity contribution in [2.24, 2.45) is 5.92 Å². The third-order valence-corrected chi connectivity index (χ3v) is 8.38. The lowest BCUT2D eigenvalue weighted by Crippen LogP contribution is -2.37. The Morgan fingerprint density at radius 2 is 1.57 bits per heavy atom. The van der Waals surface area contributed by atoms with Crippen LogP contribution in [0.5, 0.6) is 0 Å². The third kappa shape index (κ3) is 6.38. The van der Waals surface area contributed by atoms with Gasteiger partial charge in [0.15, 0.2) is 0 Å². The Bertz CT molecular complexity index is 1220. The van der Waals surface area contributed by atoms with Gasteiger partial charge in [0, 0.05) is 12.5 Å². The van der Waals surface area contributed by atoms with Crippen LogP contribution in [0.1, 0.15) is 66.8 Å². The fourth-order valence-corrected chi connectivity index (χ4v) is 5.87. The molecule has 3 atom stereocenters. The number of nitrogens with one attached hydrogen (secondary N) is 2. The molecule has 6 heteroatoms. The lowest BCUT2D eigenvalue weighted by molar-refractivity contribution is -0.127. The first-order valence-electron chi connectivity index (χ1n) is 12.3. The van der Waals surface area contributed by atoms with E-state index in [1.165, 1.54) is 0 Å². The largest absolute Gasteiger partial charge is 0.349 e. The van der Waals surface area contributed by atoms with Gasteiger partial charge in [-0.2, -0.15) is 0 Å². The van der Waals surface area contributed by atoms with Gasteiger partial charge in [-0.05, 0) is 61.4 Å². The number of hydrogen-bond acceptors (Lipinski definition) is 3. The van der Waals surface area contributed by atoms with E-state index in [1.807, 2.05) is 68.4 Å². The lowest BCUT2D eigenvalue weighted by Gasteiger charge is -2.32. The number of aryl methyl sites for hydroxylation is 1. The van der Waals surface area contributed by atoms with Crippen LogP contribution in [0.4, 0.5) is 0 Å². The van der Waals surface area contributed by atoms with Crippen molar-refractivity contribution >= 4 is 15.9 Å². The van der Waals surface area contributed by atoms with Gasteiger partial charge in [-0.3, -0.25) is 4.79 Å². The highest BCUT2D eigenvalue weighted by Gasteiger charge is 2.32. The van der Waals surface area contributed by atoms with Crippen molar-refractivity contribution in [3.05, 3.63) is 101 Å². The van der Waals surface area contributed by atoms with E-state index < -0.39 is 10.0 Å². The molecule has 0 heterocycles. The van der Waals surface area contributed by atoms with E-state index in [4.69, 9.17) is 0 Å². The number of benzene rings is 3. The van der Waals surface area contributed by atoms with E-state index in [1.54, 1.807) is 24.3 Å². The molecular formula is C29H34N2O3S. The minimum Gasteiger partial charge on any atom is -0.349 e. The molecule has 184 valence electrons. The average molecular weight is 491 g/mol. The molecule has 0 bridgehead atoms. The van der Waals surface area contributed by atoms with Crippen LogP contribution in [0.25, 0.3) is 0 Å². The summed E-state index contributed by atoms with van der Waals surface area (Å²) in [5.74, 6) is 0.229. The standard InChI is InChI=1S/C29H34N2O3S/c1-21-12-18-26(19-13-21)35(33,34)30-20-23-14-16-25(17-15-23)27-10-6-7-11-28(27)29(32)31-22(2)24-8-4-3-5-9-24/h3-5,8-9,12-19,22,27-28,30H,6-7,10-11,20H2,1-2H3,(H,31,32)/t22-,27+,28-/m0/s1. The summed E-state index contributed by atoms with van der Waals surface area (Å²) >= 11 is 0. The van der Waals surface area contributed by atoms with Gasteiger partial charge >= 0.3 is 0 Å². The second-order valence-electron chi connectivity index (χ2n) is 9.52.